The second-order valence-electron chi connectivity index (χ2n) is 3.55. The fourth-order valence-electron chi connectivity index (χ4n) is 1.52. The van der Waals surface area contributed by atoms with Crippen molar-refractivity contribution in [1.29, 1.82) is 0 Å². The molecule has 0 saturated heterocycles. The van der Waals surface area contributed by atoms with E-state index in [2.05, 4.69) is 12.2 Å². The lowest BCUT2D eigenvalue weighted by molar-refractivity contribution is -0.125. The Morgan fingerprint density at radius 2 is 2.12 bits per heavy atom. The van der Waals surface area contributed by atoms with Gasteiger partial charge in [0.25, 0.3) is 5.91 Å². The third-order valence-electron chi connectivity index (χ3n) is 2.39. The van der Waals surface area contributed by atoms with Gasteiger partial charge in [0.15, 0.2) is 0 Å². The highest BCUT2D eigenvalue weighted by atomic mass is 32.2. The van der Waals surface area contributed by atoms with Crippen LogP contribution in [0.1, 0.15) is 20.3 Å². The molecule has 4 heteroatoms. The fourth-order valence-corrected chi connectivity index (χ4v) is 2.28. The molecule has 3 nitrogen and oxygen atoms in total. The molecule has 0 aliphatic rings. The maximum absolute atomic E-state index is 11.9. The second-order valence-corrected chi connectivity index (χ2v) is 4.86. The lowest BCUT2D eigenvalue weighted by atomic mass is 10.2. The van der Waals surface area contributed by atoms with Crippen LogP contribution in [0.2, 0.25) is 0 Å². The molecule has 1 aromatic rings. The molecule has 1 rings (SSSR count). The molecule has 0 heterocycles. The summed E-state index contributed by atoms with van der Waals surface area (Å²) in [7, 11) is 1.56. The van der Waals surface area contributed by atoms with E-state index >= 15 is 0 Å². The van der Waals surface area contributed by atoms with Crippen molar-refractivity contribution in [2.24, 2.45) is 0 Å². The van der Waals surface area contributed by atoms with Crippen molar-refractivity contribution < 1.29 is 9.53 Å². The predicted octanol–water partition coefficient (Wildman–Crippen LogP) is 3.16. The molecular formula is C13H19NO2S. The van der Waals surface area contributed by atoms with Crippen LogP contribution in [0.4, 0.5) is 5.69 Å². The topological polar surface area (TPSA) is 38.3 Å². The molecule has 0 aliphatic carbocycles. The van der Waals surface area contributed by atoms with Gasteiger partial charge in [-0.05, 0) is 24.3 Å². The average molecular weight is 253 g/mol. The van der Waals surface area contributed by atoms with E-state index in [1.807, 2.05) is 31.2 Å². The predicted molar refractivity (Wildman–Crippen MR) is 72.6 cm³/mol. The number of carbonyl (C=O) groups excluding carboxylic acids is 1. The van der Waals surface area contributed by atoms with Gasteiger partial charge >= 0.3 is 0 Å². The van der Waals surface area contributed by atoms with E-state index < -0.39 is 0 Å². The smallest absolute Gasteiger partial charge is 0.253 e. The summed E-state index contributed by atoms with van der Waals surface area (Å²) in [6, 6.07) is 7.82. The van der Waals surface area contributed by atoms with Crippen molar-refractivity contribution in [1.82, 2.24) is 0 Å². The number of ether oxygens (including phenoxy) is 1. The molecule has 1 aromatic carbocycles. The molecule has 0 aliphatic heterocycles. The Morgan fingerprint density at radius 1 is 1.41 bits per heavy atom. The molecule has 17 heavy (non-hydrogen) atoms. The van der Waals surface area contributed by atoms with E-state index in [0.29, 0.717) is 6.42 Å². The summed E-state index contributed by atoms with van der Waals surface area (Å²) < 4.78 is 5.11. The zero-order chi connectivity index (χ0) is 12.7. The van der Waals surface area contributed by atoms with Gasteiger partial charge in [-0.1, -0.05) is 26.0 Å². The highest BCUT2D eigenvalue weighted by Gasteiger charge is 2.16. The highest BCUT2D eigenvalue weighted by Crippen LogP contribution is 2.26. The van der Waals surface area contributed by atoms with Gasteiger partial charge in [0.1, 0.15) is 6.10 Å². The van der Waals surface area contributed by atoms with Gasteiger partial charge in [-0.2, -0.15) is 0 Å². The van der Waals surface area contributed by atoms with Crippen LogP contribution < -0.4 is 5.32 Å². The van der Waals surface area contributed by atoms with Gasteiger partial charge in [-0.3, -0.25) is 4.79 Å². The van der Waals surface area contributed by atoms with Gasteiger partial charge < -0.3 is 10.1 Å². The Bertz CT molecular complexity index is 364. The second kappa shape index (κ2) is 7.35. The quantitative estimate of drug-likeness (QED) is 0.791. The molecule has 1 N–H and O–H groups in total. The zero-order valence-electron chi connectivity index (χ0n) is 10.5. The number of para-hydroxylation sites is 1. The Labute approximate surface area is 107 Å². The van der Waals surface area contributed by atoms with Gasteiger partial charge in [0.05, 0.1) is 5.69 Å². The lowest BCUT2D eigenvalue weighted by Gasteiger charge is -2.15. The summed E-state index contributed by atoms with van der Waals surface area (Å²) in [5, 5.41) is 2.91. The molecule has 1 atom stereocenters. The molecule has 0 saturated carbocycles. The Kier molecular flexibility index (Phi) is 6.08. The first-order chi connectivity index (χ1) is 8.22. The van der Waals surface area contributed by atoms with Crippen molar-refractivity contribution in [3.8, 4) is 0 Å². The third kappa shape index (κ3) is 4.06. The van der Waals surface area contributed by atoms with E-state index in [-0.39, 0.29) is 12.0 Å². The minimum absolute atomic E-state index is 0.0841. The van der Waals surface area contributed by atoms with E-state index in [4.69, 9.17) is 4.74 Å². The summed E-state index contributed by atoms with van der Waals surface area (Å²) in [6.07, 6.45) is 0.292. The first-order valence-corrected chi connectivity index (χ1v) is 6.76. The van der Waals surface area contributed by atoms with Crippen molar-refractivity contribution in [2.75, 3.05) is 18.2 Å². The van der Waals surface area contributed by atoms with E-state index in [1.165, 1.54) is 0 Å². The van der Waals surface area contributed by atoms with Gasteiger partial charge in [0, 0.05) is 12.0 Å². The van der Waals surface area contributed by atoms with E-state index in [1.54, 1.807) is 18.9 Å². The normalized spacial score (nSPS) is 12.2. The van der Waals surface area contributed by atoms with E-state index in [0.717, 1.165) is 16.3 Å². The molecule has 0 radical (unpaired) electrons. The van der Waals surface area contributed by atoms with Crippen LogP contribution in [0.25, 0.3) is 0 Å². The monoisotopic (exact) mass is 253 g/mol. The molecule has 1 amide bonds. The van der Waals surface area contributed by atoms with Crippen LogP contribution in [0.5, 0.6) is 0 Å². The molecule has 0 aromatic heterocycles. The molecule has 94 valence electrons. The Morgan fingerprint density at radius 3 is 2.71 bits per heavy atom. The number of amides is 1. The van der Waals surface area contributed by atoms with Crippen LogP contribution in [-0.2, 0) is 9.53 Å². The number of thioether (sulfide) groups is 1. The first kappa shape index (κ1) is 14.1. The standard InChI is InChI=1S/C13H19NO2S/c1-4-11(16-3)13(15)14-10-8-6-7-9-12(10)17-5-2/h6-9,11H,4-5H2,1-3H3,(H,14,15). The minimum atomic E-state index is -0.380. The number of benzene rings is 1. The van der Waals surface area contributed by atoms with Crippen LogP contribution in [0.3, 0.4) is 0 Å². The van der Waals surface area contributed by atoms with Crippen molar-refractivity contribution >= 4 is 23.4 Å². The maximum Gasteiger partial charge on any atom is 0.253 e. The van der Waals surface area contributed by atoms with Gasteiger partial charge in [0.2, 0.25) is 0 Å². The largest absolute Gasteiger partial charge is 0.372 e. The Hall–Kier alpha value is -1.00. The minimum Gasteiger partial charge on any atom is -0.372 e. The zero-order valence-corrected chi connectivity index (χ0v) is 11.3. The van der Waals surface area contributed by atoms with Gasteiger partial charge in [-0.25, -0.2) is 0 Å². The molecular weight excluding hydrogens is 234 g/mol. The number of methoxy groups -OCH3 is 1. The van der Waals surface area contributed by atoms with Crippen LogP contribution in [-0.4, -0.2) is 24.9 Å². The Balaban J connectivity index is 2.76. The number of rotatable bonds is 6. The van der Waals surface area contributed by atoms with Crippen LogP contribution in [0.15, 0.2) is 29.2 Å². The molecule has 1 unspecified atom stereocenters. The summed E-state index contributed by atoms with van der Waals surface area (Å²) >= 11 is 1.72. The highest BCUT2D eigenvalue weighted by molar-refractivity contribution is 7.99. The summed E-state index contributed by atoms with van der Waals surface area (Å²) in [5.41, 5.74) is 0.861. The average Bonchev–Trinajstić information content (AvgIpc) is 2.33. The lowest BCUT2D eigenvalue weighted by Crippen LogP contribution is -2.28. The number of carbonyl (C=O) groups is 1. The van der Waals surface area contributed by atoms with Crippen LogP contribution >= 0.6 is 11.8 Å². The molecule has 0 bridgehead atoms. The number of nitrogens with one attached hydrogen (secondary N) is 1. The molecule has 0 spiro atoms. The number of hydrogen-bond acceptors (Lipinski definition) is 3. The summed E-state index contributed by atoms with van der Waals surface area (Å²) in [5.74, 6) is 0.896. The maximum atomic E-state index is 11.9. The molecule has 0 fully saturated rings. The van der Waals surface area contributed by atoms with Crippen molar-refractivity contribution in [3.63, 3.8) is 0 Å². The summed E-state index contributed by atoms with van der Waals surface area (Å²) in [6.45, 7) is 4.02. The van der Waals surface area contributed by atoms with Crippen LogP contribution in [0, 0.1) is 0 Å². The SMILES string of the molecule is CCSc1ccccc1NC(=O)C(CC)OC. The van der Waals surface area contributed by atoms with E-state index in [9.17, 15) is 4.79 Å². The van der Waals surface area contributed by atoms with Gasteiger partial charge in [-0.15, -0.1) is 11.8 Å². The number of anilines is 1. The third-order valence-corrected chi connectivity index (χ3v) is 3.35. The van der Waals surface area contributed by atoms with Crippen molar-refractivity contribution in [3.05, 3.63) is 24.3 Å². The first-order valence-electron chi connectivity index (χ1n) is 5.78. The summed E-state index contributed by atoms with van der Waals surface area (Å²) in [4.78, 5) is 13.0. The fraction of sp³-hybridized carbons (Fsp3) is 0.462. The van der Waals surface area contributed by atoms with Crippen molar-refractivity contribution in [2.45, 2.75) is 31.3 Å². The number of hydrogen-bond donors (Lipinski definition) is 1.